The van der Waals surface area contributed by atoms with E-state index >= 15 is 0 Å². The van der Waals surface area contributed by atoms with Crippen LogP contribution in [-0.4, -0.2) is 113 Å². The standard InChI is InChI=1S/C32H46N4O8/c1-9-36(20(14-37)31(2,3)4)13-16-12-19(38)22-17(24(16)34(5)6)10-15-11-18-25(35(7)8)27(40)23(30(33)43)29(42)32(18,44)28(41)21(15)26(22)39/h12,15,18,20-21,23,25,37-38,44H,9-11,13-14H2,1-8H3,(H2,33,43)/t15-,18-,20+,21?,23?,25-,32-/m0/s1. The molecule has 0 aromatic heterocycles. The van der Waals surface area contributed by atoms with Gasteiger partial charge in [0, 0.05) is 38.3 Å². The van der Waals surface area contributed by atoms with Gasteiger partial charge < -0.3 is 26.0 Å². The third kappa shape index (κ3) is 5.05. The SMILES string of the molecule is CCN(Cc1cc(O)c2c(c1N(C)C)C[C@H]1C[C@H]3[C@H](N(C)C)C(=O)C(C(N)=O)C(=O)[C@@]3(O)C(=O)C1C2=O)[C@H](CO)C(C)(C)C. The molecule has 0 heterocycles. The Labute approximate surface area is 258 Å². The maximum atomic E-state index is 14.1. The summed E-state index contributed by atoms with van der Waals surface area (Å²) in [4.78, 5) is 72.6. The maximum absolute atomic E-state index is 14.1. The van der Waals surface area contributed by atoms with E-state index in [4.69, 9.17) is 5.73 Å². The number of rotatable bonds is 8. The molecule has 3 aliphatic rings. The summed E-state index contributed by atoms with van der Waals surface area (Å²) < 4.78 is 0. The highest BCUT2D eigenvalue weighted by Gasteiger charge is 2.69. The molecule has 0 saturated heterocycles. The highest BCUT2D eigenvalue weighted by molar-refractivity contribution is 6.32. The number of benzene rings is 1. The van der Waals surface area contributed by atoms with Crippen molar-refractivity contribution in [2.24, 2.45) is 34.8 Å². The summed E-state index contributed by atoms with van der Waals surface area (Å²) >= 11 is 0. The van der Waals surface area contributed by atoms with E-state index < -0.39 is 64.4 Å². The van der Waals surface area contributed by atoms with Gasteiger partial charge in [0.25, 0.3) is 0 Å². The van der Waals surface area contributed by atoms with Crippen LogP contribution in [0.25, 0.3) is 0 Å². The summed E-state index contributed by atoms with van der Waals surface area (Å²) in [5.41, 5.74) is 4.34. The Bertz CT molecular complexity index is 1400. The first-order valence-electron chi connectivity index (χ1n) is 15.1. The Hall–Kier alpha value is -3.19. The lowest BCUT2D eigenvalue weighted by Gasteiger charge is -2.52. The quantitative estimate of drug-likeness (QED) is 0.293. The molecule has 1 aromatic carbocycles. The van der Waals surface area contributed by atoms with Crippen LogP contribution in [0.15, 0.2) is 6.07 Å². The number of aliphatic hydroxyl groups excluding tert-OH is 1. The van der Waals surface area contributed by atoms with E-state index in [1.165, 1.54) is 11.0 Å². The minimum absolute atomic E-state index is 0.0144. The number of anilines is 1. The average molecular weight is 615 g/mol. The Morgan fingerprint density at radius 1 is 1.11 bits per heavy atom. The fraction of sp³-hybridized carbons (Fsp3) is 0.656. The molecule has 0 aliphatic heterocycles. The van der Waals surface area contributed by atoms with Crippen molar-refractivity contribution in [1.29, 1.82) is 0 Å². The molecule has 12 nitrogen and oxygen atoms in total. The maximum Gasteiger partial charge on any atom is 0.235 e. The lowest BCUT2D eigenvalue weighted by atomic mass is 9.52. The number of phenols is 1. The fourth-order valence-corrected chi connectivity index (χ4v) is 8.00. The molecule has 3 aliphatic carbocycles. The van der Waals surface area contributed by atoms with Crippen LogP contribution in [-0.2, 0) is 32.1 Å². The van der Waals surface area contributed by atoms with Gasteiger partial charge in [0.2, 0.25) is 5.91 Å². The first-order chi connectivity index (χ1) is 20.3. The van der Waals surface area contributed by atoms with Crippen molar-refractivity contribution in [1.82, 2.24) is 9.80 Å². The molecule has 2 unspecified atom stereocenters. The molecule has 5 N–H and O–H groups in total. The van der Waals surface area contributed by atoms with Crippen LogP contribution < -0.4 is 10.6 Å². The van der Waals surface area contributed by atoms with E-state index in [1.54, 1.807) is 14.1 Å². The van der Waals surface area contributed by atoms with Gasteiger partial charge in [-0.05, 0) is 62.0 Å². The number of nitrogens with zero attached hydrogens (tertiary/aromatic N) is 3. The van der Waals surface area contributed by atoms with Crippen molar-refractivity contribution >= 4 is 34.7 Å². The lowest BCUT2D eigenvalue weighted by Crippen LogP contribution is -2.74. The van der Waals surface area contributed by atoms with E-state index in [0.717, 1.165) is 5.56 Å². The van der Waals surface area contributed by atoms with E-state index in [2.05, 4.69) is 4.90 Å². The second-order valence-corrected chi connectivity index (χ2v) is 14.1. The van der Waals surface area contributed by atoms with Crippen molar-refractivity contribution in [2.45, 2.75) is 64.8 Å². The zero-order valence-electron chi connectivity index (χ0n) is 26.9. The van der Waals surface area contributed by atoms with Crippen LogP contribution in [0.4, 0.5) is 5.69 Å². The Kier molecular flexibility index (Phi) is 8.91. The van der Waals surface area contributed by atoms with Crippen LogP contribution in [0.1, 0.15) is 55.6 Å². The summed E-state index contributed by atoms with van der Waals surface area (Å²) in [6.07, 6.45) is 0.162. The third-order valence-electron chi connectivity index (χ3n) is 9.95. The molecule has 7 atom stereocenters. The predicted octanol–water partition coefficient (Wildman–Crippen LogP) is 0.162. The Balaban J connectivity index is 1.86. The number of Topliss-reactive ketones (excluding diaryl/α,β-unsaturated/α-hetero) is 4. The summed E-state index contributed by atoms with van der Waals surface area (Å²) in [5.74, 6) is -10.7. The number of hydrogen-bond acceptors (Lipinski definition) is 11. The van der Waals surface area contributed by atoms with Crippen molar-refractivity contribution in [3.05, 3.63) is 22.8 Å². The number of carbonyl (C=O) groups excluding carboxylic acids is 5. The highest BCUT2D eigenvalue weighted by Crippen LogP contribution is 2.52. The predicted molar refractivity (Wildman–Crippen MR) is 162 cm³/mol. The molecular formula is C32H46N4O8. The smallest absolute Gasteiger partial charge is 0.235 e. The first-order valence-corrected chi connectivity index (χ1v) is 15.1. The minimum atomic E-state index is -2.76. The summed E-state index contributed by atoms with van der Waals surface area (Å²) in [5, 5.41) is 33.3. The lowest BCUT2D eigenvalue weighted by molar-refractivity contribution is -0.181. The van der Waals surface area contributed by atoms with Crippen LogP contribution in [0.2, 0.25) is 0 Å². The third-order valence-corrected chi connectivity index (χ3v) is 9.95. The van der Waals surface area contributed by atoms with Gasteiger partial charge in [0.15, 0.2) is 34.7 Å². The molecule has 4 rings (SSSR count). The molecule has 242 valence electrons. The number of likely N-dealkylation sites (N-methyl/N-ethyl adjacent to an activating group) is 2. The Morgan fingerprint density at radius 2 is 1.73 bits per heavy atom. The van der Waals surface area contributed by atoms with Gasteiger partial charge in [-0.15, -0.1) is 0 Å². The number of fused-ring (bicyclic) bond motifs is 3. The van der Waals surface area contributed by atoms with Gasteiger partial charge in [-0.3, -0.25) is 33.8 Å². The molecule has 12 heteroatoms. The number of aromatic hydroxyl groups is 1. The molecule has 0 spiro atoms. The van der Waals surface area contributed by atoms with Crippen LogP contribution in [0, 0.1) is 29.1 Å². The summed E-state index contributed by atoms with van der Waals surface area (Å²) in [7, 11) is 6.76. The van der Waals surface area contributed by atoms with Gasteiger partial charge in [-0.2, -0.15) is 0 Å². The number of hydrogen-bond donors (Lipinski definition) is 4. The van der Waals surface area contributed by atoms with E-state index in [0.29, 0.717) is 24.3 Å². The zero-order valence-corrected chi connectivity index (χ0v) is 26.9. The van der Waals surface area contributed by atoms with Gasteiger partial charge in [0.1, 0.15) is 5.75 Å². The van der Waals surface area contributed by atoms with Gasteiger partial charge in [-0.25, -0.2) is 0 Å². The van der Waals surface area contributed by atoms with E-state index in [9.17, 15) is 39.3 Å². The first kappa shape index (κ1) is 33.7. The number of carbonyl (C=O) groups is 5. The van der Waals surface area contributed by atoms with Crippen LogP contribution in [0.5, 0.6) is 5.75 Å². The van der Waals surface area contributed by atoms with Crippen molar-refractivity contribution in [3.63, 3.8) is 0 Å². The van der Waals surface area contributed by atoms with E-state index in [1.807, 2.05) is 46.7 Å². The molecule has 0 bridgehead atoms. The average Bonchev–Trinajstić information content (AvgIpc) is 2.89. The largest absolute Gasteiger partial charge is 0.507 e. The molecule has 0 radical (unpaired) electrons. The molecule has 1 amide bonds. The molecule has 2 saturated carbocycles. The van der Waals surface area contributed by atoms with Crippen molar-refractivity contribution < 1.29 is 39.3 Å². The van der Waals surface area contributed by atoms with Gasteiger partial charge in [-0.1, -0.05) is 27.7 Å². The number of phenolic OH excluding ortho intramolecular Hbond substituents is 1. The minimum Gasteiger partial charge on any atom is -0.507 e. The number of amides is 1. The molecule has 44 heavy (non-hydrogen) atoms. The van der Waals surface area contributed by atoms with Crippen LogP contribution >= 0.6 is 0 Å². The molecule has 2 fully saturated rings. The molecular weight excluding hydrogens is 568 g/mol. The summed E-state index contributed by atoms with van der Waals surface area (Å²) in [6, 6.07) is 0.163. The van der Waals surface area contributed by atoms with Gasteiger partial charge >= 0.3 is 0 Å². The second-order valence-electron chi connectivity index (χ2n) is 14.1. The van der Waals surface area contributed by atoms with Crippen LogP contribution in [0.3, 0.4) is 0 Å². The Morgan fingerprint density at radius 3 is 2.20 bits per heavy atom. The zero-order chi connectivity index (χ0) is 33.2. The second kappa shape index (κ2) is 11.6. The van der Waals surface area contributed by atoms with Gasteiger partial charge in [0.05, 0.1) is 24.1 Å². The number of nitrogens with two attached hydrogens (primary N) is 1. The topological polar surface area (TPSA) is 182 Å². The van der Waals surface area contributed by atoms with E-state index in [-0.39, 0.29) is 42.2 Å². The van der Waals surface area contributed by atoms with Crippen molar-refractivity contribution in [2.75, 3.05) is 46.2 Å². The number of ketones is 4. The molecule has 1 aromatic rings. The fourth-order valence-electron chi connectivity index (χ4n) is 8.00. The monoisotopic (exact) mass is 614 g/mol. The highest BCUT2D eigenvalue weighted by atomic mass is 16.3. The van der Waals surface area contributed by atoms with Crippen molar-refractivity contribution in [3.8, 4) is 5.75 Å². The summed E-state index contributed by atoms with van der Waals surface area (Å²) in [6.45, 7) is 9.04. The number of primary amides is 1. The normalized spacial score (nSPS) is 29.4. The number of aliphatic hydroxyl groups is 2.